The number of nitrogens with zero attached hydrogens (tertiary/aromatic N) is 1. The molecule has 18 heavy (non-hydrogen) atoms. The highest BCUT2D eigenvalue weighted by molar-refractivity contribution is 5.97. The van der Waals surface area contributed by atoms with E-state index in [1.165, 1.54) is 0 Å². The van der Waals surface area contributed by atoms with Gasteiger partial charge >= 0.3 is 0 Å². The minimum absolute atomic E-state index is 0.0703. The fraction of sp³-hybridized carbons (Fsp3) is 0.133. The van der Waals surface area contributed by atoms with Gasteiger partial charge in [-0.15, -0.1) is 0 Å². The molecule has 0 aliphatic carbocycles. The van der Waals surface area contributed by atoms with Gasteiger partial charge in [0.15, 0.2) is 0 Å². The topological polar surface area (TPSA) is 32.3 Å². The van der Waals surface area contributed by atoms with Crippen LogP contribution in [-0.2, 0) is 4.79 Å². The van der Waals surface area contributed by atoms with E-state index in [9.17, 15) is 4.79 Å². The maximum Gasteiger partial charge on any atom is 0.226 e. The molecule has 3 heteroatoms. The molecule has 1 aliphatic rings. The van der Waals surface area contributed by atoms with Crippen LogP contribution in [0.2, 0.25) is 0 Å². The molecule has 0 aromatic heterocycles. The Labute approximate surface area is 106 Å². The molecule has 0 saturated carbocycles. The monoisotopic (exact) mass is 238 g/mol. The van der Waals surface area contributed by atoms with Crippen molar-refractivity contribution < 1.29 is 4.79 Å². The van der Waals surface area contributed by atoms with Crippen LogP contribution >= 0.6 is 0 Å². The molecular weight excluding hydrogens is 224 g/mol. The Bertz CT molecular complexity index is 566. The van der Waals surface area contributed by atoms with Crippen LogP contribution in [-0.4, -0.2) is 12.5 Å². The summed E-state index contributed by atoms with van der Waals surface area (Å²) >= 11 is 0. The van der Waals surface area contributed by atoms with Gasteiger partial charge in [-0.25, -0.2) is 0 Å². The number of fused-ring (bicyclic) bond motifs is 1. The minimum atomic E-state index is 0.0703. The summed E-state index contributed by atoms with van der Waals surface area (Å²) in [6.07, 6.45) is 0.504. The molecular formula is C15H14N2O. The first kappa shape index (κ1) is 10.8. The van der Waals surface area contributed by atoms with Crippen molar-refractivity contribution in [2.75, 3.05) is 16.8 Å². The van der Waals surface area contributed by atoms with Crippen molar-refractivity contribution >= 4 is 23.0 Å². The van der Waals surface area contributed by atoms with Gasteiger partial charge in [-0.1, -0.05) is 30.3 Å². The van der Waals surface area contributed by atoms with E-state index in [0.717, 1.165) is 17.1 Å². The van der Waals surface area contributed by atoms with Gasteiger partial charge in [0.25, 0.3) is 0 Å². The highest BCUT2D eigenvalue weighted by atomic mass is 16.1. The molecule has 3 nitrogen and oxygen atoms in total. The van der Waals surface area contributed by atoms with E-state index in [4.69, 9.17) is 0 Å². The average molecular weight is 238 g/mol. The van der Waals surface area contributed by atoms with Crippen LogP contribution < -0.4 is 10.2 Å². The molecule has 3 rings (SSSR count). The first-order valence-electron chi connectivity index (χ1n) is 6.06. The Kier molecular flexibility index (Phi) is 2.73. The lowest BCUT2D eigenvalue weighted by Gasteiger charge is -2.24. The Morgan fingerprint density at radius 1 is 0.944 bits per heavy atom. The van der Waals surface area contributed by atoms with Crippen molar-refractivity contribution in [3.05, 3.63) is 54.6 Å². The van der Waals surface area contributed by atoms with Crippen molar-refractivity contribution in [3.63, 3.8) is 0 Å². The Morgan fingerprint density at radius 3 is 2.50 bits per heavy atom. The summed E-state index contributed by atoms with van der Waals surface area (Å²) in [6.45, 7) is 0.701. The summed E-state index contributed by atoms with van der Waals surface area (Å²) in [5.41, 5.74) is 3.04. The standard InChI is InChI=1S/C15H14N2O/c18-15-10-11-17(12-6-2-1-3-7-12)14-9-5-4-8-13(14)16-15/h1-9H,10-11H2,(H,16,18). The Morgan fingerprint density at radius 2 is 1.67 bits per heavy atom. The molecule has 0 bridgehead atoms. The molecule has 2 aromatic carbocycles. The third-order valence-corrected chi connectivity index (χ3v) is 3.10. The van der Waals surface area contributed by atoms with Crippen molar-refractivity contribution in [1.82, 2.24) is 0 Å². The molecule has 0 saturated heterocycles. The number of carbonyl (C=O) groups excluding carboxylic acids is 1. The number of amides is 1. The lowest BCUT2D eigenvalue weighted by Crippen LogP contribution is -2.18. The van der Waals surface area contributed by atoms with Gasteiger partial charge < -0.3 is 10.2 Å². The lowest BCUT2D eigenvalue weighted by molar-refractivity contribution is -0.115. The molecule has 1 aliphatic heterocycles. The zero-order valence-electron chi connectivity index (χ0n) is 9.97. The van der Waals surface area contributed by atoms with Gasteiger partial charge in [-0.2, -0.15) is 0 Å². The molecule has 0 unspecified atom stereocenters. The predicted octanol–water partition coefficient (Wildman–Crippen LogP) is 3.17. The van der Waals surface area contributed by atoms with Crippen LogP contribution in [0.15, 0.2) is 54.6 Å². The molecule has 0 fully saturated rings. The predicted molar refractivity (Wildman–Crippen MR) is 73.1 cm³/mol. The van der Waals surface area contributed by atoms with Gasteiger partial charge in [0.05, 0.1) is 11.4 Å². The second kappa shape index (κ2) is 4.53. The zero-order valence-corrected chi connectivity index (χ0v) is 9.97. The summed E-state index contributed by atoms with van der Waals surface area (Å²) in [4.78, 5) is 13.9. The van der Waals surface area contributed by atoms with Crippen LogP contribution in [0.3, 0.4) is 0 Å². The smallest absolute Gasteiger partial charge is 0.226 e. The number of anilines is 3. The van der Waals surface area contributed by atoms with Crippen molar-refractivity contribution in [3.8, 4) is 0 Å². The van der Waals surface area contributed by atoms with Gasteiger partial charge in [-0.3, -0.25) is 4.79 Å². The van der Waals surface area contributed by atoms with Gasteiger partial charge in [0, 0.05) is 18.7 Å². The number of rotatable bonds is 1. The second-order valence-electron chi connectivity index (χ2n) is 4.30. The summed E-state index contributed by atoms with van der Waals surface area (Å²) in [6, 6.07) is 18.0. The van der Waals surface area contributed by atoms with Crippen LogP contribution in [0.5, 0.6) is 0 Å². The average Bonchev–Trinajstić information content (AvgIpc) is 2.58. The van der Waals surface area contributed by atoms with Gasteiger partial charge in [0.2, 0.25) is 5.91 Å². The zero-order chi connectivity index (χ0) is 12.4. The third kappa shape index (κ3) is 1.95. The molecule has 90 valence electrons. The van der Waals surface area contributed by atoms with Crippen molar-refractivity contribution in [2.24, 2.45) is 0 Å². The lowest BCUT2D eigenvalue weighted by atomic mass is 10.2. The van der Waals surface area contributed by atoms with E-state index >= 15 is 0 Å². The van der Waals surface area contributed by atoms with E-state index in [0.29, 0.717) is 13.0 Å². The molecule has 2 aromatic rings. The molecule has 1 heterocycles. The number of hydrogen-bond acceptors (Lipinski definition) is 2. The largest absolute Gasteiger partial charge is 0.339 e. The van der Waals surface area contributed by atoms with E-state index in [2.05, 4.69) is 22.3 Å². The minimum Gasteiger partial charge on any atom is -0.339 e. The SMILES string of the molecule is O=C1CCN(c2ccccc2)c2ccccc2N1. The number of carbonyl (C=O) groups is 1. The van der Waals surface area contributed by atoms with Gasteiger partial charge in [-0.05, 0) is 24.3 Å². The quantitative estimate of drug-likeness (QED) is 0.827. The van der Waals surface area contributed by atoms with E-state index in [1.807, 2.05) is 42.5 Å². The normalized spacial score (nSPS) is 14.7. The maximum absolute atomic E-state index is 11.7. The van der Waals surface area contributed by atoms with Crippen LogP contribution in [0.1, 0.15) is 6.42 Å². The molecule has 1 amide bonds. The molecule has 0 radical (unpaired) electrons. The van der Waals surface area contributed by atoms with Gasteiger partial charge in [0.1, 0.15) is 0 Å². The summed E-state index contributed by atoms with van der Waals surface area (Å²) in [5.74, 6) is 0.0703. The number of para-hydroxylation sites is 3. The maximum atomic E-state index is 11.7. The number of hydrogen-bond donors (Lipinski definition) is 1. The third-order valence-electron chi connectivity index (χ3n) is 3.10. The number of benzene rings is 2. The first-order chi connectivity index (χ1) is 8.84. The number of nitrogens with one attached hydrogen (secondary N) is 1. The van der Waals surface area contributed by atoms with E-state index < -0.39 is 0 Å². The highest BCUT2D eigenvalue weighted by Gasteiger charge is 2.19. The van der Waals surface area contributed by atoms with Crippen LogP contribution in [0, 0.1) is 0 Å². The Balaban J connectivity index is 2.08. The van der Waals surface area contributed by atoms with Crippen LogP contribution in [0.4, 0.5) is 17.1 Å². The molecule has 0 atom stereocenters. The fourth-order valence-electron chi connectivity index (χ4n) is 2.24. The summed E-state index contributed by atoms with van der Waals surface area (Å²) in [7, 11) is 0. The molecule has 0 spiro atoms. The van der Waals surface area contributed by atoms with E-state index in [-0.39, 0.29) is 5.91 Å². The van der Waals surface area contributed by atoms with Crippen molar-refractivity contribution in [1.29, 1.82) is 0 Å². The second-order valence-corrected chi connectivity index (χ2v) is 4.30. The highest BCUT2D eigenvalue weighted by Crippen LogP contribution is 2.33. The van der Waals surface area contributed by atoms with E-state index in [1.54, 1.807) is 0 Å². The molecule has 1 N–H and O–H groups in total. The van der Waals surface area contributed by atoms with Crippen LogP contribution in [0.25, 0.3) is 0 Å². The summed E-state index contributed by atoms with van der Waals surface area (Å²) < 4.78 is 0. The van der Waals surface area contributed by atoms with Crippen molar-refractivity contribution in [2.45, 2.75) is 6.42 Å². The Hall–Kier alpha value is -2.29. The summed E-state index contributed by atoms with van der Waals surface area (Å²) in [5, 5.41) is 2.94. The fourth-order valence-corrected chi connectivity index (χ4v) is 2.24. The first-order valence-corrected chi connectivity index (χ1v) is 6.06.